The minimum atomic E-state index is -4.23. The second-order valence-corrected chi connectivity index (χ2v) is 5.16. The van der Waals surface area contributed by atoms with E-state index in [0.29, 0.717) is 12.1 Å². The molecule has 0 saturated carbocycles. The second-order valence-electron chi connectivity index (χ2n) is 3.74. The SMILES string of the molecule is CC1=NN(c2cccc(S(=O)(=O)O)c2)C(=N)C1. The zero-order chi connectivity index (χ0) is 12.6. The lowest BCUT2D eigenvalue weighted by Gasteiger charge is -2.14. The molecule has 0 saturated heterocycles. The molecule has 0 aliphatic carbocycles. The highest BCUT2D eigenvalue weighted by Crippen LogP contribution is 2.23. The third kappa shape index (κ3) is 2.34. The summed E-state index contributed by atoms with van der Waals surface area (Å²) in [5.41, 5.74) is 1.23. The maximum atomic E-state index is 11.0. The van der Waals surface area contributed by atoms with Gasteiger partial charge in [0.05, 0.1) is 10.6 Å². The lowest BCUT2D eigenvalue weighted by molar-refractivity contribution is 0.483. The molecule has 1 aliphatic heterocycles. The van der Waals surface area contributed by atoms with Crippen LogP contribution in [-0.2, 0) is 10.1 Å². The molecule has 2 rings (SSSR count). The standard InChI is InChI=1S/C10H11N3O3S/c1-7-5-10(11)13(12-7)8-3-2-4-9(6-8)17(14,15)16/h2-4,6,11H,5H2,1H3,(H,14,15,16). The number of rotatable bonds is 2. The fraction of sp³-hybridized carbons (Fsp3) is 0.200. The van der Waals surface area contributed by atoms with Gasteiger partial charge in [-0.05, 0) is 25.1 Å². The number of amidine groups is 1. The molecule has 1 aliphatic rings. The number of hydrazone groups is 1. The summed E-state index contributed by atoms with van der Waals surface area (Å²) in [6.45, 7) is 1.79. The average molecular weight is 253 g/mol. The van der Waals surface area contributed by atoms with Gasteiger partial charge in [-0.1, -0.05) is 6.07 Å². The van der Waals surface area contributed by atoms with Crippen LogP contribution in [0.4, 0.5) is 5.69 Å². The molecule has 17 heavy (non-hydrogen) atoms. The monoisotopic (exact) mass is 253 g/mol. The Kier molecular flexibility index (Phi) is 2.72. The van der Waals surface area contributed by atoms with Crippen LogP contribution in [0.3, 0.4) is 0 Å². The molecule has 0 spiro atoms. The Morgan fingerprint density at radius 2 is 2.18 bits per heavy atom. The van der Waals surface area contributed by atoms with E-state index in [0.717, 1.165) is 5.71 Å². The summed E-state index contributed by atoms with van der Waals surface area (Å²) in [5, 5.41) is 13.2. The Balaban J connectivity index is 2.45. The minimum absolute atomic E-state index is 0.206. The summed E-state index contributed by atoms with van der Waals surface area (Å²) in [7, 11) is -4.23. The third-order valence-corrected chi connectivity index (χ3v) is 3.16. The Morgan fingerprint density at radius 3 is 2.71 bits per heavy atom. The van der Waals surface area contributed by atoms with Gasteiger partial charge in [0.1, 0.15) is 5.84 Å². The summed E-state index contributed by atoms with van der Waals surface area (Å²) < 4.78 is 30.9. The Labute approximate surface area is 98.8 Å². The van der Waals surface area contributed by atoms with Crippen molar-refractivity contribution in [1.82, 2.24) is 0 Å². The molecule has 7 heteroatoms. The summed E-state index contributed by atoms with van der Waals surface area (Å²) >= 11 is 0. The largest absolute Gasteiger partial charge is 0.294 e. The molecule has 0 unspecified atom stereocenters. The summed E-state index contributed by atoms with van der Waals surface area (Å²) in [5.74, 6) is 0.273. The van der Waals surface area contributed by atoms with E-state index in [1.54, 1.807) is 13.0 Å². The number of hydrogen-bond acceptors (Lipinski definition) is 4. The molecule has 1 heterocycles. The van der Waals surface area contributed by atoms with E-state index in [2.05, 4.69) is 5.10 Å². The van der Waals surface area contributed by atoms with Crippen molar-refractivity contribution in [2.24, 2.45) is 5.10 Å². The predicted molar refractivity (Wildman–Crippen MR) is 64.2 cm³/mol. The minimum Gasteiger partial charge on any atom is -0.286 e. The van der Waals surface area contributed by atoms with E-state index in [1.165, 1.54) is 23.2 Å². The molecular formula is C10H11N3O3S. The van der Waals surface area contributed by atoms with Gasteiger partial charge >= 0.3 is 0 Å². The van der Waals surface area contributed by atoms with Gasteiger partial charge in [-0.2, -0.15) is 13.5 Å². The number of benzene rings is 1. The average Bonchev–Trinajstić information content (AvgIpc) is 2.57. The van der Waals surface area contributed by atoms with E-state index in [-0.39, 0.29) is 10.7 Å². The molecule has 0 atom stereocenters. The lowest BCUT2D eigenvalue weighted by Crippen LogP contribution is -2.19. The normalized spacial score (nSPS) is 16.2. The molecular weight excluding hydrogens is 242 g/mol. The van der Waals surface area contributed by atoms with Gasteiger partial charge in [-0.15, -0.1) is 0 Å². The first-order chi connectivity index (χ1) is 7.88. The van der Waals surface area contributed by atoms with Crippen LogP contribution in [0.5, 0.6) is 0 Å². The number of hydrogen-bond donors (Lipinski definition) is 2. The van der Waals surface area contributed by atoms with E-state index in [9.17, 15) is 8.42 Å². The highest BCUT2D eigenvalue weighted by Gasteiger charge is 2.20. The van der Waals surface area contributed by atoms with Crippen LogP contribution in [0.25, 0.3) is 0 Å². The van der Waals surface area contributed by atoms with Gasteiger partial charge in [0, 0.05) is 12.1 Å². The van der Waals surface area contributed by atoms with Gasteiger partial charge in [0.2, 0.25) is 0 Å². The van der Waals surface area contributed by atoms with Crippen molar-refractivity contribution in [2.45, 2.75) is 18.2 Å². The van der Waals surface area contributed by atoms with Crippen LogP contribution < -0.4 is 5.01 Å². The van der Waals surface area contributed by atoms with Crippen LogP contribution >= 0.6 is 0 Å². The van der Waals surface area contributed by atoms with Crippen LogP contribution in [0.1, 0.15) is 13.3 Å². The fourth-order valence-electron chi connectivity index (χ4n) is 1.57. The number of nitrogens with zero attached hydrogens (tertiary/aromatic N) is 2. The van der Waals surface area contributed by atoms with Gasteiger partial charge in [0.25, 0.3) is 10.1 Å². The van der Waals surface area contributed by atoms with Crippen LogP contribution in [0, 0.1) is 5.41 Å². The van der Waals surface area contributed by atoms with Gasteiger partial charge < -0.3 is 0 Å². The summed E-state index contributed by atoms with van der Waals surface area (Å²) in [6, 6.07) is 5.70. The predicted octanol–water partition coefficient (Wildman–Crippen LogP) is 1.50. The highest BCUT2D eigenvalue weighted by molar-refractivity contribution is 7.85. The Morgan fingerprint density at radius 1 is 1.47 bits per heavy atom. The van der Waals surface area contributed by atoms with E-state index in [1.807, 2.05) is 0 Å². The first kappa shape index (κ1) is 11.7. The first-order valence-corrected chi connectivity index (χ1v) is 6.31. The number of nitrogens with one attached hydrogen (secondary N) is 1. The van der Waals surface area contributed by atoms with Gasteiger partial charge in [-0.3, -0.25) is 9.96 Å². The van der Waals surface area contributed by atoms with Crippen LogP contribution in [0.15, 0.2) is 34.3 Å². The molecule has 0 fully saturated rings. The van der Waals surface area contributed by atoms with Crippen molar-refractivity contribution < 1.29 is 13.0 Å². The van der Waals surface area contributed by atoms with Crippen LogP contribution in [-0.4, -0.2) is 24.5 Å². The second kappa shape index (κ2) is 3.94. The van der Waals surface area contributed by atoms with Crippen molar-refractivity contribution in [3.63, 3.8) is 0 Å². The smallest absolute Gasteiger partial charge is 0.286 e. The Bertz CT molecular complexity index is 607. The van der Waals surface area contributed by atoms with E-state index < -0.39 is 10.1 Å². The maximum Gasteiger partial charge on any atom is 0.294 e. The third-order valence-electron chi connectivity index (χ3n) is 2.31. The molecule has 0 radical (unpaired) electrons. The molecule has 2 N–H and O–H groups in total. The lowest BCUT2D eigenvalue weighted by atomic mass is 10.3. The van der Waals surface area contributed by atoms with Crippen molar-refractivity contribution in [3.05, 3.63) is 24.3 Å². The topological polar surface area (TPSA) is 93.8 Å². The summed E-state index contributed by atoms with van der Waals surface area (Å²) in [6.07, 6.45) is 0.441. The zero-order valence-electron chi connectivity index (χ0n) is 9.08. The van der Waals surface area contributed by atoms with Gasteiger partial charge in [-0.25, -0.2) is 5.01 Å². The highest BCUT2D eigenvalue weighted by atomic mass is 32.2. The first-order valence-electron chi connectivity index (χ1n) is 4.87. The Hall–Kier alpha value is -1.73. The summed E-state index contributed by atoms with van der Waals surface area (Å²) in [4.78, 5) is -0.206. The molecule has 1 aromatic carbocycles. The molecule has 0 bridgehead atoms. The van der Waals surface area contributed by atoms with Crippen LogP contribution in [0.2, 0.25) is 0 Å². The molecule has 90 valence electrons. The molecule has 6 nitrogen and oxygen atoms in total. The maximum absolute atomic E-state index is 11.0. The molecule has 1 aromatic rings. The van der Waals surface area contributed by atoms with Crippen molar-refractivity contribution in [1.29, 1.82) is 5.41 Å². The molecule has 0 aromatic heterocycles. The molecule has 0 amide bonds. The fourth-order valence-corrected chi connectivity index (χ4v) is 2.09. The van der Waals surface area contributed by atoms with Crippen molar-refractivity contribution >= 4 is 27.4 Å². The van der Waals surface area contributed by atoms with E-state index >= 15 is 0 Å². The zero-order valence-corrected chi connectivity index (χ0v) is 9.90. The quantitative estimate of drug-likeness (QED) is 0.781. The van der Waals surface area contributed by atoms with Crippen molar-refractivity contribution in [2.75, 3.05) is 5.01 Å². The van der Waals surface area contributed by atoms with E-state index in [4.69, 9.17) is 9.96 Å². The van der Waals surface area contributed by atoms with Crippen molar-refractivity contribution in [3.8, 4) is 0 Å². The van der Waals surface area contributed by atoms with Gasteiger partial charge in [0.15, 0.2) is 0 Å². The number of anilines is 1.